The molecule has 0 saturated carbocycles. The Bertz CT molecular complexity index is 369. The Balaban J connectivity index is 2.16. The van der Waals surface area contributed by atoms with Gasteiger partial charge in [-0.05, 0) is 19.1 Å². The fourth-order valence-electron chi connectivity index (χ4n) is 1.66. The smallest absolute Gasteiger partial charge is 0.311 e. The second-order valence-corrected chi connectivity index (χ2v) is 4.84. The zero-order chi connectivity index (χ0) is 10.8. The molecule has 1 N–H and O–H groups in total. The number of aromatic nitrogens is 1. The summed E-state index contributed by atoms with van der Waals surface area (Å²) >= 11 is 1.89. The molecule has 0 aliphatic carbocycles. The van der Waals surface area contributed by atoms with Gasteiger partial charge in [-0.1, -0.05) is 0 Å². The van der Waals surface area contributed by atoms with E-state index < -0.39 is 5.97 Å². The lowest BCUT2D eigenvalue weighted by molar-refractivity contribution is -0.136. The van der Waals surface area contributed by atoms with Gasteiger partial charge in [-0.15, -0.1) is 0 Å². The molecule has 0 bridgehead atoms. The van der Waals surface area contributed by atoms with Gasteiger partial charge in [0.1, 0.15) is 12.2 Å². The van der Waals surface area contributed by atoms with E-state index in [1.54, 1.807) is 6.92 Å². The summed E-state index contributed by atoms with van der Waals surface area (Å²) in [5.41, 5.74) is 0.712. The molecule has 1 aliphatic rings. The number of thioether (sulfide) groups is 1. The van der Waals surface area contributed by atoms with E-state index in [-0.39, 0.29) is 6.42 Å². The Morgan fingerprint density at radius 3 is 3.13 bits per heavy atom. The second-order valence-electron chi connectivity index (χ2n) is 3.69. The average Bonchev–Trinajstić information content (AvgIpc) is 2.75. The van der Waals surface area contributed by atoms with Crippen LogP contribution in [0.1, 0.15) is 29.7 Å². The van der Waals surface area contributed by atoms with Crippen molar-refractivity contribution in [2.45, 2.75) is 25.7 Å². The number of rotatable bonds is 3. The summed E-state index contributed by atoms with van der Waals surface area (Å²) in [5, 5.41) is 8.67. The van der Waals surface area contributed by atoms with Crippen molar-refractivity contribution in [3.63, 3.8) is 0 Å². The molecule has 1 unspecified atom stereocenters. The number of aliphatic carboxylic acids is 1. The lowest BCUT2D eigenvalue weighted by Gasteiger charge is -2.00. The van der Waals surface area contributed by atoms with Crippen LogP contribution in [-0.4, -0.2) is 27.6 Å². The number of hydrogen-bond donors (Lipinski definition) is 1. The molecule has 1 fully saturated rings. The minimum absolute atomic E-state index is 0.0707. The van der Waals surface area contributed by atoms with Crippen LogP contribution >= 0.6 is 11.8 Å². The third-order valence-corrected chi connectivity index (χ3v) is 3.66. The molecule has 1 aromatic heterocycles. The first kappa shape index (κ1) is 10.5. The Hall–Kier alpha value is -0.970. The van der Waals surface area contributed by atoms with Crippen molar-refractivity contribution in [1.29, 1.82) is 0 Å². The van der Waals surface area contributed by atoms with Gasteiger partial charge in [-0.2, -0.15) is 11.8 Å². The number of nitrogens with zero attached hydrogens (tertiary/aromatic N) is 1. The van der Waals surface area contributed by atoms with Gasteiger partial charge in [0.2, 0.25) is 0 Å². The average molecular weight is 227 g/mol. The number of carboxylic acid groups (broad SMARTS) is 1. The van der Waals surface area contributed by atoms with Crippen LogP contribution in [0.25, 0.3) is 0 Å². The number of carboxylic acids is 1. The van der Waals surface area contributed by atoms with Crippen LogP contribution in [0.15, 0.2) is 4.42 Å². The summed E-state index contributed by atoms with van der Waals surface area (Å²) in [7, 11) is 0. The third-order valence-electron chi connectivity index (χ3n) is 2.50. The number of hydrogen-bond acceptors (Lipinski definition) is 4. The highest BCUT2D eigenvalue weighted by molar-refractivity contribution is 7.99. The molecule has 1 aliphatic heterocycles. The van der Waals surface area contributed by atoms with Gasteiger partial charge >= 0.3 is 5.97 Å². The van der Waals surface area contributed by atoms with E-state index >= 15 is 0 Å². The Morgan fingerprint density at radius 2 is 2.53 bits per heavy atom. The first-order valence-electron chi connectivity index (χ1n) is 4.92. The van der Waals surface area contributed by atoms with Crippen molar-refractivity contribution < 1.29 is 14.3 Å². The van der Waals surface area contributed by atoms with E-state index in [0.29, 0.717) is 23.3 Å². The highest BCUT2D eigenvalue weighted by atomic mass is 32.2. The minimum atomic E-state index is -0.874. The Kier molecular flexibility index (Phi) is 3.00. The largest absolute Gasteiger partial charge is 0.481 e. The fourth-order valence-corrected chi connectivity index (χ4v) is 2.87. The van der Waals surface area contributed by atoms with Gasteiger partial charge in [0, 0.05) is 11.7 Å². The van der Waals surface area contributed by atoms with Crippen molar-refractivity contribution in [3.8, 4) is 0 Å². The Labute approximate surface area is 92.1 Å². The van der Waals surface area contributed by atoms with Crippen LogP contribution in [-0.2, 0) is 11.2 Å². The second kappa shape index (κ2) is 4.26. The molecule has 0 amide bonds. The predicted molar refractivity (Wildman–Crippen MR) is 57.3 cm³/mol. The SMILES string of the molecule is Cc1nc(C2CCSC2)oc1CC(=O)O. The number of carbonyl (C=O) groups is 1. The molecule has 1 saturated heterocycles. The summed E-state index contributed by atoms with van der Waals surface area (Å²) < 4.78 is 5.50. The van der Waals surface area contributed by atoms with Crippen molar-refractivity contribution in [3.05, 3.63) is 17.3 Å². The standard InChI is InChI=1S/C10H13NO3S/c1-6-8(4-9(12)13)14-10(11-6)7-2-3-15-5-7/h7H,2-5H2,1H3,(H,12,13). The molecular weight excluding hydrogens is 214 g/mol. The highest BCUT2D eigenvalue weighted by Crippen LogP contribution is 2.32. The molecule has 0 radical (unpaired) electrons. The van der Waals surface area contributed by atoms with E-state index in [9.17, 15) is 4.79 Å². The van der Waals surface area contributed by atoms with Gasteiger partial charge < -0.3 is 9.52 Å². The molecule has 4 nitrogen and oxygen atoms in total. The van der Waals surface area contributed by atoms with Gasteiger partial charge in [0.25, 0.3) is 0 Å². The normalized spacial score (nSPS) is 20.7. The molecule has 0 aromatic carbocycles. The quantitative estimate of drug-likeness (QED) is 0.853. The molecule has 5 heteroatoms. The zero-order valence-electron chi connectivity index (χ0n) is 8.52. The number of aryl methyl sites for hydroxylation is 1. The molecule has 2 heterocycles. The predicted octanol–water partition coefficient (Wildman–Crippen LogP) is 1.83. The topological polar surface area (TPSA) is 63.3 Å². The van der Waals surface area contributed by atoms with Crippen LogP contribution in [0.2, 0.25) is 0 Å². The molecule has 2 rings (SSSR count). The van der Waals surface area contributed by atoms with Gasteiger partial charge in [-0.3, -0.25) is 4.79 Å². The maximum absolute atomic E-state index is 10.6. The van der Waals surface area contributed by atoms with Crippen LogP contribution in [0.5, 0.6) is 0 Å². The van der Waals surface area contributed by atoms with E-state index in [4.69, 9.17) is 9.52 Å². The lowest BCUT2D eigenvalue weighted by Crippen LogP contribution is -2.00. The molecule has 1 aromatic rings. The maximum atomic E-state index is 10.6. The van der Waals surface area contributed by atoms with E-state index in [1.807, 2.05) is 11.8 Å². The number of oxazole rings is 1. The van der Waals surface area contributed by atoms with Crippen LogP contribution < -0.4 is 0 Å². The highest BCUT2D eigenvalue weighted by Gasteiger charge is 2.24. The fraction of sp³-hybridized carbons (Fsp3) is 0.600. The van der Waals surface area contributed by atoms with E-state index in [0.717, 1.165) is 17.9 Å². The molecule has 82 valence electrons. The summed E-state index contributed by atoms with van der Waals surface area (Å²) in [6.45, 7) is 1.80. The van der Waals surface area contributed by atoms with E-state index in [2.05, 4.69) is 4.98 Å². The molecule has 0 spiro atoms. The van der Waals surface area contributed by atoms with Gasteiger partial charge in [-0.25, -0.2) is 4.98 Å². The van der Waals surface area contributed by atoms with Gasteiger partial charge in [0.05, 0.1) is 5.69 Å². The maximum Gasteiger partial charge on any atom is 0.311 e. The van der Waals surface area contributed by atoms with Crippen LogP contribution in [0.4, 0.5) is 0 Å². The monoisotopic (exact) mass is 227 g/mol. The van der Waals surface area contributed by atoms with Crippen molar-refractivity contribution >= 4 is 17.7 Å². The van der Waals surface area contributed by atoms with E-state index in [1.165, 1.54) is 0 Å². The first-order chi connectivity index (χ1) is 7.16. The summed E-state index contributed by atoms with van der Waals surface area (Å²) in [5.74, 6) is 2.88. The zero-order valence-corrected chi connectivity index (χ0v) is 9.34. The molecule has 1 atom stereocenters. The van der Waals surface area contributed by atoms with Crippen molar-refractivity contribution in [2.75, 3.05) is 11.5 Å². The summed E-state index contributed by atoms with van der Waals surface area (Å²) in [6.07, 6.45) is 1.01. The first-order valence-corrected chi connectivity index (χ1v) is 6.08. The Morgan fingerprint density at radius 1 is 1.73 bits per heavy atom. The van der Waals surface area contributed by atoms with Crippen LogP contribution in [0.3, 0.4) is 0 Å². The minimum Gasteiger partial charge on any atom is -0.481 e. The van der Waals surface area contributed by atoms with Crippen molar-refractivity contribution in [2.24, 2.45) is 0 Å². The summed E-state index contributed by atoms with van der Waals surface area (Å²) in [6, 6.07) is 0. The van der Waals surface area contributed by atoms with Crippen LogP contribution in [0, 0.1) is 6.92 Å². The molecule has 15 heavy (non-hydrogen) atoms. The summed E-state index contributed by atoms with van der Waals surface area (Å²) in [4.78, 5) is 14.9. The third kappa shape index (κ3) is 2.34. The van der Waals surface area contributed by atoms with Gasteiger partial charge in [0.15, 0.2) is 5.89 Å². The lowest BCUT2D eigenvalue weighted by atomic mass is 10.1. The molecular formula is C10H13NO3S. The van der Waals surface area contributed by atoms with Crippen molar-refractivity contribution in [1.82, 2.24) is 4.98 Å².